The molecule has 1 saturated heterocycles. The molecule has 14 heteroatoms. The molecule has 0 unspecified atom stereocenters. The van der Waals surface area contributed by atoms with Crippen LogP contribution in [-0.2, 0) is 11.3 Å². The van der Waals surface area contributed by atoms with E-state index in [4.69, 9.17) is 10.5 Å². The van der Waals surface area contributed by atoms with Gasteiger partial charge in [0.1, 0.15) is 23.7 Å². The molecule has 0 bridgehead atoms. The van der Waals surface area contributed by atoms with Crippen molar-refractivity contribution in [2.45, 2.75) is 32.7 Å². The summed E-state index contributed by atoms with van der Waals surface area (Å²) in [5, 5.41) is 3.03. The number of hydrogen-bond acceptors (Lipinski definition) is 6. The number of carbonyl (C=O) groups is 2. The number of rotatable bonds is 9. The summed E-state index contributed by atoms with van der Waals surface area (Å²) in [7, 11) is 1.58. The highest BCUT2D eigenvalue weighted by Gasteiger charge is 2.33. The molecule has 0 aliphatic carbocycles. The van der Waals surface area contributed by atoms with Crippen LogP contribution in [0.3, 0.4) is 0 Å². The second-order valence-electron chi connectivity index (χ2n) is 9.65. The summed E-state index contributed by atoms with van der Waals surface area (Å²) < 4.78 is 46.0. The van der Waals surface area contributed by atoms with Crippen molar-refractivity contribution < 1.29 is 32.2 Å². The maximum Gasteiger partial charge on any atom is 0.573 e. The first kappa shape index (κ1) is 32.1. The van der Waals surface area contributed by atoms with Crippen LogP contribution in [-0.4, -0.2) is 48.5 Å². The number of thioether (sulfide) groups is 1. The Balaban J connectivity index is 1.35. The molecule has 1 fully saturated rings. The second-order valence-corrected chi connectivity index (χ2v) is 10.6. The van der Waals surface area contributed by atoms with Gasteiger partial charge in [-0.3, -0.25) is 9.69 Å². The normalized spacial score (nSPS) is 15.0. The van der Waals surface area contributed by atoms with Gasteiger partial charge < -0.3 is 20.5 Å². The number of amides is 3. The third-order valence-electron chi connectivity index (χ3n) is 6.23. The van der Waals surface area contributed by atoms with Crippen molar-refractivity contribution in [3.8, 4) is 11.5 Å². The van der Waals surface area contributed by atoms with E-state index in [9.17, 15) is 22.8 Å². The maximum absolute atomic E-state index is 12.7. The van der Waals surface area contributed by atoms with E-state index in [-0.39, 0.29) is 35.7 Å². The molecule has 44 heavy (non-hydrogen) atoms. The summed E-state index contributed by atoms with van der Waals surface area (Å²) in [4.78, 5) is 39.2. The zero-order valence-corrected chi connectivity index (χ0v) is 24.8. The Labute approximate surface area is 255 Å². The predicted molar refractivity (Wildman–Crippen MR) is 165 cm³/mol. The number of nitrogens with one attached hydrogen (secondary N) is 1. The number of carbonyl (C=O) groups excluding carboxylic acids is 2. The number of anilines is 1. The molecule has 1 aliphatic rings. The lowest BCUT2D eigenvalue weighted by molar-refractivity contribution is -0.274. The standard InChI is InChI=1S/C30H29F3N6O4S/c1-18(2)24-14-23(42-3)12-13-25(24)39-26(40)16-44-29(39)38-28(41)35-15-19-4-6-20(7-5-19)27(34)37-17-36-21-8-10-22(11-9-21)43-30(31,32)33/h4-14,17-18H,15-16H2,1-3H3,(H,35,41)(H2,34,36,37). The van der Waals surface area contributed by atoms with Gasteiger partial charge in [-0.1, -0.05) is 49.9 Å². The largest absolute Gasteiger partial charge is 0.573 e. The predicted octanol–water partition coefficient (Wildman–Crippen LogP) is 6.13. The molecule has 1 heterocycles. The first-order chi connectivity index (χ1) is 20.9. The van der Waals surface area contributed by atoms with E-state index >= 15 is 0 Å². The molecule has 3 aromatic rings. The average molecular weight is 627 g/mol. The lowest BCUT2D eigenvalue weighted by atomic mass is 10.00. The van der Waals surface area contributed by atoms with Crippen LogP contribution < -0.4 is 25.4 Å². The van der Waals surface area contributed by atoms with Crippen molar-refractivity contribution >= 4 is 52.4 Å². The molecule has 0 aromatic heterocycles. The minimum atomic E-state index is -4.77. The Morgan fingerprint density at radius 3 is 2.41 bits per heavy atom. The van der Waals surface area contributed by atoms with Gasteiger partial charge in [-0.2, -0.15) is 4.99 Å². The fraction of sp³-hybridized carbons (Fsp3) is 0.233. The van der Waals surface area contributed by atoms with Crippen molar-refractivity contribution in [1.29, 1.82) is 0 Å². The summed E-state index contributed by atoms with van der Waals surface area (Å²) in [6, 6.07) is 16.8. The molecule has 10 nitrogen and oxygen atoms in total. The minimum absolute atomic E-state index is 0.102. The summed E-state index contributed by atoms with van der Waals surface area (Å²) >= 11 is 1.20. The molecule has 0 atom stereocenters. The van der Waals surface area contributed by atoms with E-state index in [0.717, 1.165) is 23.3 Å². The van der Waals surface area contributed by atoms with E-state index in [1.807, 2.05) is 19.9 Å². The summed E-state index contributed by atoms with van der Waals surface area (Å²) in [6.45, 7) is 4.20. The molecule has 0 radical (unpaired) electrons. The van der Waals surface area contributed by atoms with Gasteiger partial charge in [0, 0.05) is 12.1 Å². The zero-order chi connectivity index (χ0) is 31.9. The van der Waals surface area contributed by atoms with Crippen molar-refractivity contribution in [3.63, 3.8) is 0 Å². The number of amidine groups is 2. The minimum Gasteiger partial charge on any atom is -0.497 e. The van der Waals surface area contributed by atoms with Gasteiger partial charge in [0.05, 0.1) is 24.2 Å². The van der Waals surface area contributed by atoms with E-state index in [0.29, 0.717) is 27.9 Å². The van der Waals surface area contributed by atoms with Crippen LogP contribution in [0.25, 0.3) is 0 Å². The van der Waals surface area contributed by atoms with Crippen LogP contribution in [0.5, 0.6) is 11.5 Å². The number of benzene rings is 3. The molecular formula is C30H29F3N6O4S. The van der Waals surface area contributed by atoms with Crippen LogP contribution >= 0.6 is 11.8 Å². The van der Waals surface area contributed by atoms with Gasteiger partial charge in [0.15, 0.2) is 5.17 Å². The number of aliphatic imine (C=N–C) groups is 3. The number of urea groups is 1. The molecule has 3 N–H and O–H groups in total. The number of hydrogen-bond donors (Lipinski definition) is 2. The Hall–Kier alpha value is -4.85. The van der Waals surface area contributed by atoms with Gasteiger partial charge in [-0.15, -0.1) is 13.2 Å². The molecule has 4 rings (SSSR count). The topological polar surface area (TPSA) is 131 Å². The third kappa shape index (κ3) is 8.60. The van der Waals surface area contributed by atoms with Crippen molar-refractivity contribution in [3.05, 3.63) is 83.4 Å². The molecule has 0 saturated carbocycles. The van der Waals surface area contributed by atoms with Crippen LogP contribution in [0.1, 0.15) is 36.5 Å². The first-order valence-corrected chi connectivity index (χ1v) is 14.2. The van der Waals surface area contributed by atoms with Crippen LogP contribution in [0, 0.1) is 0 Å². The maximum atomic E-state index is 12.7. The summed E-state index contributed by atoms with van der Waals surface area (Å²) in [5.41, 5.74) is 9.31. The van der Waals surface area contributed by atoms with Gasteiger partial charge in [-0.05, 0) is 59.5 Å². The first-order valence-electron chi connectivity index (χ1n) is 13.2. The van der Waals surface area contributed by atoms with Crippen LogP contribution in [0.2, 0.25) is 0 Å². The number of alkyl halides is 3. The van der Waals surface area contributed by atoms with E-state index in [1.54, 1.807) is 43.5 Å². The van der Waals surface area contributed by atoms with E-state index in [2.05, 4.69) is 25.0 Å². The smallest absolute Gasteiger partial charge is 0.497 e. The van der Waals surface area contributed by atoms with Crippen molar-refractivity contribution in [2.24, 2.45) is 20.7 Å². The molecular weight excluding hydrogens is 597 g/mol. The fourth-order valence-corrected chi connectivity index (χ4v) is 4.93. The lowest BCUT2D eigenvalue weighted by Gasteiger charge is -2.22. The highest BCUT2D eigenvalue weighted by Crippen LogP contribution is 2.35. The van der Waals surface area contributed by atoms with Crippen molar-refractivity contribution in [1.82, 2.24) is 5.32 Å². The third-order valence-corrected chi connectivity index (χ3v) is 7.15. The van der Waals surface area contributed by atoms with E-state index in [1.165, 1.54) is 35.1 Å². The van der Waals surface area contributed by atoms with E-state index < -0.39 is 12.4 Å². The van der Waals surface area contributed by atoms with Gasteiger partial charge in [0.25, 0.3) is 0 Å². The second kappa shape index (κ2) is 14.1. The summed E-state index contributed by atoms with van der Waals surface area (Å²) in [6.07, 6.45) is -3.58. The molecule has 3 aromatic carbocycles. The van der Waals surface area contributed by atoms with Crippen LogP contribution in [0.15, 0.2) is 81.7 Å². The van der Waals surface area contributed by atoms with Gasteiger partial charge in [-0.25, -0.2) is 14.8 Å². The van der Waals surface area contributed by atoms with Crippen molar-refractivity contribution in [2.75, 3.05) is 17.8 Å². The number of methoxy groups -OCH3 is 1. The molecule has 3 amide bonds. The number of nitrogens with two attached hydrogens (primary N) is 1. The fourth-order valence-electron chi connectivity index (χ4n) is 4.07. The molecule has 230 valence electrons. The van der Waals surface area contributed by atoms with Gasteiger partial charge in [0.2, 0.25) is 5.91 Å². The van der Waals surface area contributed by atoms with Crippen LogP contribution in [0.4, 0.5) is 29.3 Å². The zero-order valence-electron chi connectivity index (χ0n) is 24.0. The van der Waals surface area contributed by atoms with Gasteiger partial charge >= 0.3 is 12.4 Å². The SMILES string of the molecule is COc1ccc(N2C(=O)CSC2=NC(=O)NCc2ccc(C(N)=NC=Nc3ccc(OC(F)(F)F)cc3)cc2)c(C(C)C)c1. The molecule has 1 aliphatic heterocycles. The Kier molecular flexibility index (Phi) is 10.3. The molecule has 0 spiro atoms. The average Bonchev–Trinajstić information content (AvgIpc) is 3.35. The number of nitrogens with zero attached hydrogens (tertiary/aromatic N) is 4. The lowest BCUT2D eigenvalue weighted by Crippen LogP contribution is -2.32. The number of halogens is 3. The Morgan fingerprint density at radius 1 is 1.09 bits per heavy atom. The monoisotopic (exact) mass is 626 g/mol. The quantitative estimate of drug-likeness (QED) is 0.217. The number of ether oxygens (including phenoxy) is 2. The Bertz CT molecular complexity index is 1590. The Morgan fingerprint density at radius 2 is 1.77 bits per heavy atom. The summed E-state index contributed by atoms with van der Waals surface area (Å²) in [5.74, 6) is 0.592. The highest BCUT2D eigenvalue weighted by molar-refractivity contribution is 8.15. The highest BCUT2D eigenvalue weighted by atomic mass is 32.2.